The van der Waals surface area contributed by atoms with E-state index in [1.807, 2.05) is 32.0 Å². The van der Waals surface area contributed by atoms with Crippen molar-refractivity contribution in [1.29, 1.82) is 0 Å². The van der Waals surface area contributed by atoms with Gasteiger partial charge in [-0.25, -0.2) is 4.98 Å². The molecular weight excluding hydrogens is 344 g/mol. The molecule has 0 aliphatic heterocycles. The van der Waals surface area contributed by atoms with E-state index < -0.39 is 17.2 Å². The fourth-order valence-corrected chi connectivity index (χ4v) is 2.68. The second-order valence-electron chi connectivity index (χ2n) is 6.34. The van der Waals surface area contributed by atoms with Gasteiger partial charge in [-0.1, -0.05) is 18.2 Å². The summed E-state index contributed by atoms with van der Waals surface area (Å²) in [6, 6.07) is 9.30. The minimum Gasteiger partial charge on any atom is -0.501 e. The molecule has 2 aromatic heterocycles. The summed E-state index contributed by atoms with van der Waals surface area (Å²) in [5.41, 5.74) is 2.77. The predicted octanol–water partition coefficient (Wildman–Crippen LogP) is 2.09. The molecule has 138 valence electrons. The van der Waals surface area contributed by atoms with Gasteiger partial charge in [-0.3, -0.25) is 19.1 Å². The number of pyridine rings is 1. The van der Waals surface area contributed by atoms with E-state index in [0.29, 0.717) is 5.56 Å². The Balaban J connectivity index is 1.91. The second-order valence-corrected chi connectivity index (χ2v) is 6.34. The third-order valence-electron chi connectivity index (χ3n) is 4.43. The van der Waals surface area contributed by atoms with Crippen molar-refractivity contribution in [3.63, 3.8) is 0 Å². The summed E-state index contributed by atoms with van der Waals surface area (Å²) in [5.74, 6) is -1.04. The first-order valence-electron chi connectivity index (χ1n) is 8.43. The first kappa shape index (κ1) is 18.3. The van der Waals surface area contributed by atoms with E-state index in [9.17, 15) is 14.7 Å². The molecule has 7 nitrogen and oxygen atoms in total. The van der Waals surface area contributed by atoms with E-state index in [2.05, 4.69) is 15.3 Å². The van der Waals surface area contributed by atoms with Crippen LogP contribution in [0.3, 0.4) is 0 Å². The number of carbonyl (C=O) groups is 1. The SMILES string of the molecule is Cc1ccc(CNC(=O)c2nc(-c3cccnc3)n(C)c(=O)c2O)cc1C. The number of nitrogens with zero attached hydrogens (tertiary/aromatic N) is 3. The fourth-order valence-electron chi connectivity index (χ4n) is 2.68. The van der Waals surface area contributed by atoms with E-state index in [0.717, 1.165) is 16.7 Å². The number of aromatic nitrogens is 3. The molecule has 27 heavy (non-hydrogen) atoms. The minimum absolute atomic E-state index is 0.252. The molecule has 0 saturated heterocycles. The second kappa shape index (κ2) is 7.41. The topological polar surface area (TPSA) is 97.1 Å². The lowest BCUT2D eigenvalue weighted by Crippen LogP contribution is -2.29. The van der Waals surface area contributed by atoms with Crippen molar-refractivity contribution in [3.8, 4) is 17.1 Å². The highest BCUT2D eigenvalue weighted by molar-refractivity contribution is 5.95. The number of rotatable bonds is 4. The van der Waals surface area contributed by atoms with Crippen molar-refractivity contribution in [2.75, 3.05) is 0 Å². The van der Waals surface area contributed by atoms with Crippen LogP contribution in [0.25, 0.3) is 11.4 Å². The third-order valence-corrected chi connectivity index (χ3v) is 4.43. The average Bonchev–Trinajstić information content (AvgIpc) is 2.68. The highest BCUT2D eigenvalue weighted by Crippen LogP contribution is 2.18. The zero-order chi connectivity index (χ0) is 19.6. The van der Waals surface area contributed by atoms with Gasteiger partial charge in [0.15, 0.2) is 5.69 Å². The Morgan fingerprint density at radius 2 is 2.00 bits per heavy atom. The lowest BCUT2D eigenvalue weighted by atomic mass is 10.1. The summed E-state index contributed by atoms with van der Waals surface area (Å²) in [4.78, 5) is 33.1. The third kappa shape index (κ3) is 3.72. The normalized spacial score (nSPS) is 10.6. The van der Waals surface area contributed by atoms with Crippen LogP contribution in [-0.2, 0) is 13.6 Å². The van der Waals surface area contributed by atoms with Crippen molar-refractivity contribution in [3.05, 3.63) is 75.5 Å². The van der Waals surface area contributed by atoms with E-state index in [1.54, 1.807) is 18.3 Å². The molecule has 0 bridgehead atoms. The van der Waals surface area contributed by atoms with Crippen LogP contribution >= 0.6 is 0 Å². The van der Waals surface area contributed by atoms with Crippen LogP contribution in [0, 0.1) is 13.8 Å². The molecule has 0 aliphatic carbocycles. The Bertz CT molecular complexity index is 1060. The molecule has 0 saturated carbocycles. The highest BCUT2D eigenvalue weighted by Gasteiger charge is 2.20. The van der Waals surface area contributed by atoms with Crippen molar-refractivity contribution in [2.24, 2.45) is 7.05 Å². The summed E-state index contributed by atoms with van der Waals surface area (Å²) in [5, 5.41) is 12.8. The summed E-state index contributed by atoms with van der Waals surface area (Å²) >= 11 is 0. The number of benzene rings is 1. The maximum atomic E-state index is 12.5. The number of aryl methyl sites for hydroxylation is 2. The molecule has 0 spiro atoms. The molecule has 0 aliphatic rings. The summed E-state index contributed by atoms with van der Waals surface area (Å²) < 4.78 is 1.19. The number of carbonyl (C=O) groups excluding carboxylic acids is 1. The van der Waals surface area contributed by atoms with Crippen molar-refractivity contribution in [2.45, 2.75) is 20.4 Å². The van der Waals surface area contributed by atoms with Crippen LogP contribution in [-0.4, -0.2) is 25.5 Å². The standard InChI is InChI=1S/C20H20N4O3/c1-12-6-7-14(9-13(12)2)10-22-19(26)16-17(25)20(27)24(3)18(23-16)15-5-4-8-21-11-15/h4-9,11,25H,10H2,1-3H3,(H,22,26). The Morgan fingerprint density at radius 3 is 2.67 bits per heavy atom. The molecule has 1 aromatic carbocycles. The van der Waals surface area contributed by atoms with Gasteiger partial charge in [-0.15, -0.1) is 0 Å². The van der Waals surface area contributed by atoms with Crippen LogP contribution in [0.4, 0.5) is 0 Å². The predicted molar refractivity (Wildman–Crippen MR) is 101 cm³/mol. The first-order valence-corrected chi connectivity index (χ1v) is 8.43. The molecular formula is C20H20N4O3. The van der Waals surface area contributed by atoms with Crippen LogP contribution in [0.15, 0.2) is 47.5 Å². The molecule has 2 N–H and O–H groups in total. The lowest BCUT2D eigenvalue weighted by molar-refractivity contribution is 0.0942. The molecule has 3 aromatic rings. The molecule has 0 fully saturated rings. The molecule has 3 rings (SSSR count). The van der Waals surface area contributed by atoms with Gasteiger partial charge in [0.1, 0.15) is 5.82 Å². The van der Waals surface area contributed by atoms with Gasteiger partial charge in [0, 0.05) is 31.5 Å². The lowest BCUT2D eigenvalue weighted by Gasteiger charge is -2.12. The summed E-state index contributed by atoms with van der Waals surface area (Å²) in [6.45, 7) is 4.27. The van der Waals surface area contributed by atoms with Gasteiger partial charge < -0.3 is 10.4 Å². The maximum Gasteiger partial charge on any atom is 0.296 e. The van der Waals surface area contributed by atoms with Crippen molar-refractivity contribution >= 4 is 5.91 Å². The number of aromatic hydroxyl groups is 1. The Morgan fingerprint density at radius 1 is 1.22 bits per heavy atom. The van der Waals surface area contributed by atoms with E-state index >= 15 is 0 Å². The number of nitrogens with one attached hydrogen (secondary N) is 1. The molecule has 1 amide bonds. The quantitative estimate of drug-likeness (QED) is 0.739. The van der Waals surface area contributed by atoms with Crippen LogP contribution < -0.4 is 10.9 Å². The zero-order valence-corrected chi connectivity index (χ0v) is 15.4. The Kier molecular flexibility index (Phi) is 5.03. The molecule has 0 radical (unpaired) electrons. The number of hydrogen-bond acceptors (Lipinski definition) is 5. The Hall–Kier alpha value is -3.48. The fraction of sp³-hybridized carbons (Fsp3) is 0.200. The summed E-state index contributed by atoms with van der Waals surface area (Å²) in [6.07, 6.45) is 3.13. The average molecular weight is 364 g/mol. The van der Waals surface area contributed by atoms with Crippen molar-refractivity contribution in [1.82, 2.24) is 19.9 Å². The first-order chi connectivity index (χ1) is 12.9. The number of hydrogen-bond donors (Lipinski definition) is 2. The van der Waals surface area contributed by atoms with E-state index in [4.69, 9.17) is 0 Å². The van der Waals surface area contributed by atoms with Crippen LogP contribution in [0.5, 0.6) is 5.75 Å². The minimum atomic E-state index is -0.694. The van der Waals surface area contributed by atoms with E-state index in [1.165, 1.54) is 17.8 Å². The van der Waals surface area contributed by atoms with Gasteiger partial charge in [0.25, 0.3) is 11.5 Å². The van der Waals surface area contributed by atoms with Crippen LogP contribution in [0.2, 0.25) is 0 Å². The molecule has 0 atom stereocenters. The largest absolute Gasteiger partial charge is 0.501 e. The number of amides is 1. The van der Waals surface area contributed by atoms with Gasteiger partial charge in [-0.05, 0) is 42.7 Å². The molecule has 7 heteroatoms. The smallest absolute Gasteiger partial charge is 0.296 e. The van der Waals surface area contributed by atoms with Gasteiger partial charge >= 0.3 is 0 Å². The molecule has 2 heterocycles. The maximum absolute atomic E-state index is 12.5. The van der Waals surface area contributed by atoms with Gasteiger partial charge in [0.2, 0.25) is 5.75 Å². The highest BCUT2D eigenvalue weighted by atomic mass is 16.3. The van der Waals surface area contributed by atoms with Crippen LogP contribution in [0.1, 0.15) is 27.2 Å². The van der Waals surface area contributed by atoms with Crippen molar-refractivity contribution < 1.29 is 9.90 Å². The van der Waals surface area contributed by atoms with Gasteiger partial charge in [0.05, 0.1) is 0 Å². The summed E-state index contributed by atoms with van der Waals surface area (Å²) in [7, 11) is 1.48. The van der Waals surface area contributed by atoms with Gasteiger partial charge in [-0.2, -0.15) is 0 Å². The molecule has 0 unspecified atom stereocenters. The zero-order valence-electron chi connectivity index (χ0n) is 15.4. The Labute approximate surface area is 156 Å². The van der Waals surface area contributed by atoms with E-state index in [-0.39, 0.29) is 18.1 Å². The monoisotopic (exact) mass is 364 g/mol.